The smallest absolute Gasteiger partial charge is 0.337 e. The Morgan fingerprint density at radius 3 is 2.40 bits per heavy atom. The second-order valence-electron chi connectivity index (χ2n) is 8.59. The maximum atomic E-state index is 13.6. The number of carbonyl (C=O) groups excluding carboxylic acids is 2. The predicted octanol–water partition coefficient (Wildman–Crippen LogP) is 4.21. The zero-order chi connectivity index (χ0) is 24.4. The number of aromatic nitrogens is 2. The fraction of sp³-hybridized carbons (Fsp3) is 0.214. The van der Waals surface area contributed by atoms with E-state index in [1.54, 1.807) is 34.9 Å². The average molecular weight is 468 g/mol. The van der Waals surface area contributed by atoms with Gasteiger partial charge in [0, 0.05) is 12.1 Å². The van der Waals surface area contributed by atoms with Crippen LogP contribution in [0.5, 0.6) is 0 Å². The summed E-state index contributed by atoms with van der Waals surface area (Å²) in [5.41, 5.74) is 2.37. The molecule has 7 nitrogen and oxygen atoms in total. The Morgan fingerprint density at radius 2 is 1.66 bits per heavy atom. The third-order valence-corrected chi connectivity index (χ3v) is 6.44. The largest absolute Gasteiger partial charge is 0.465 e. The molecule has 1 fully saturated rings. The van der Waals surface area contributed by atoms with Crippen molar-refractivity contribution < 1.29 is 14.3 Å². The molecule has 0 unspecified atom stereocenters. The number of rotatable bonds is 5. The standard InChI is InChI=1S/C28H25N3O4/c1-35-28(34)21-15-13-19(14-16-21)18-31-25(29-23-11-6-5-10-22(23)27(31)33)24-12-7-17-30(24)26(32)20-8-3-2-4-9-20/h2-6,8-11,13-16,24H,7,12,17-18H2,1H3/t24-/m0/s1. The van der Waals surface area contributed by atoms with Crippen molar-refractivity contribution in [3.63, 3.8) is 0 Å². The van der Waals surface area contributed by atoms with Crippen LogP contribution in [0.15, 0.2) is 83.7 Å². The van der Waals surface area contributed by atoms with Crippen LogP contribution in [0.4, 0.5) is 0 Å². The van der Waals surface area contributed by atoms with E-state index < -0.39 is 5.97 Å². The summed E-state index contributed by atoms with van der Waals surface area (Å²) in [6.07, 6.45) is 1.56. The van der Waals surface area contributed by atoms with Crippen LogP contribution in [-0.2, 0) is 11.3 Å². The number of esters is 1. The summed E-state index contributed by atoms with van der Waals surface area (Å²) < 4.78 is 6.44. The van der Waals surface area contributed by atoms with Gasteiger partial charge >= 0.3 is 5.97 Å². The molecular formula is C28H25N3O4. The SMILES string of the molecule is COC(=O)c1ccc(Cn2c([C@@H]3CCCN3C(=O)c3ccccc3)nc3ccccc3c2=O)cc1. The van der Waals surface area contributed by atoms with Gasteiger partial charge in [-0.2, -0.15) is 0 Å². The molecule has 7 heteroatoms. The van der Waals surface area contributed by atoms with E-state index in [0.717, 1.165) is 18.4 Å². The number of carbonyl (C=O) groups is 2. The maximum Gasteiger partial charge on any atom is 0.337 e. The van der Waals surface area contributed by atoms with Crippen molar-refractivity contribution in [1.29, 1.82) is 0 Å². The first-order valence-electron chi connectivity index (χ1n) is 11.6. The highest BCUT2D eigenvalue weighted by Crippen LogP contribution is 2.32. The first-order valence-corrected chi connectivity index (χ1v) is 11.6. The molecule has 0 N–H and O–H groups in total. The molecule has 35 heavy (non-hydrogen) atoms. The summed E-state index contributed by atoms with van der Waals surface area (Å²) in [6, 6.07) is 23.1. The molecule has 3 aromatic carbocycles. The third kappa shape index (κ3) is 4.33. The molecular weight excluding hydrogens is 442 g/mol. The summed E-state index contributed by atoms with van der Waals surface area (Å²) in [4.78, 5) is 45.5. The fourth-order valence-corrected chi connectivity index (χ4v) is 4.66. The minimum absolute atomic E-state index is 0.0653. The van der Waals surface area contributed by atoms with Crippen LogP contribution in [0, 0.1) is 0 Å². The molecule has 1 atom stereocenters. The number of hydrogen-bond donors (Lipinski definition) is 0. The summed E-state index contributed by atoms with van der Waals surface area (Å²) in [5, 5.41) is 0.529. The highest BCUT2D eigenvalue weighted by atomic mass is 16.5. The Labute approximate surface area is 202 Å². The first kappa shape index (κ1) is 22.5. The number of benzene rings is 3. The van der Waals surface area contributed by atoms with Crippen LogP contribution < -0.4 is 5.56 Å². The summed E-state index contributed by atoms with van der Waals surface area (Å²) in [6.45, 7) is 0.881. The maximum absolute atomic E-state index is 13.6. The number of ether oxygens (including phenoxy) is 1. The number of amides is 1. The average Bonchev–Trinajstić information content (AvgIpc) is 3.40. The van der Waals surface area contributed by atoms with Gasteiger partial charge in [-0.05, 0) is 54.8 Å². The molecule has 5 rings (SSSR count). The van der Waals surface area contributed by atoms with Gasteiger partial charge in [-0.3, -0.25) is 14.2 Å². The molecule has 0 aliphatic carbocycles. The van der Waals surface area contributed by atoms with Gasteiger partial charge in [0.25, 0.3) is 11.5 Å². The van der Waals surface area contributed by atoms with Crippen molar-refractivity contribution in [3.8, 4) is 0 Å². The molecule has 1 saturated heterocycles. The normalized spacial score (nSPS) is 15.3. The molecule has 4 aromatic rings. The second kappa shape index (κ2) is 9.54. The summed E-state index contributed by atoms with van der Waals surface area (Å²) in [5.74, 6) is 0.0970. The van der Waals surface area contributed by atoms with Crippen LogP contribution in [-0.4, -0.2) is 40.0 Å². The Hall–Kier alpha value is -4.26. The van der Waals surface area contributed by atoms with Crippen molar-refractivity contribution in [2.24, 2.45) is 0 Å². The molecule has 1 aliphatic rings. The molecule has 1 aliphatic heterocycles. The van der Waals surface area contributed by atoms with E-state index in [9.17, 15) is 14.4 Å². The van der Waals surface area contributed by atoms with Crippen LogP contribution in [0.2, 0.25) is 0 Å². The lowest BCUT2D eigenvalue weighted by atomic mass is 10.1. The van der Waals surface area contributed by atoms with E-state index in [1.165, 1.54) is 7.11 Å². The molecule has 0 saturated carbocycles. The molecule has 1 aromatic heterocycles. The molecule has 0 radical (unpaired) electrons. The van der Waals surface area contributed by atoms with Crippen LogP contribution in [0.3, 0.4) is 0 Å². The minimum atomic E-state index is -0.414. The fourth-order valence-electron chi connectivity index (χ4n) is 4.66. The monoisotopic (exact) mass is 467 g/mol. The van der Waals surface area contributed by atoms with Crippen molar-refractivity contribution >= 4 is 22.8 Å². The summed E-state index contributed by atoms with van der Waals surface area (Å²) in [7, 11) is 1.34. The van der Waals surface area contributed by atoms with E-state index in [-0.39, 0.29) is 24.1 Å². The van der Waals surface area contributed by atoms with Gasteiger partial charge in [0.2, 0.25) is 0 Å². The Kier molecular flexibility index (Phi) is 6.14. The quantitative estimate of drug-likeness (QED) is 0.411. The Bertz CT molecular complexity index is 1450. The minimum Gasteiger partial charge on any atom is -0.465 e. The van der Waals surface area contributed by atoms with Gasteiger partial charge in [-0.25, -0.2) is 9.78 Å². The number of nitrogens with zero attached hydrogens (tertiary/aromatic N) is 3. The zero-order valence-electron chi connectivity index (χ0n) is 19.4. The lowest BCUT2D eigenvalue weighted by Crippen LogP contribution is -2.35. The number of para-hydroxylation sites is 1. The van der Waals surface area contributed by atoms with Gasteiger partial charge in [0.1, 0.15) is 5.82 Å². The highest BCUT2D eigenvalue weighted by molar-refractivity contribution is 5.94. The number of hydrogen-bond acceptors (Lipinski definition) is 5. The molecule has 2 heterocycles. The Balaban J connectivity index is 1.58. The third-order valence-electron chi connectivity index (χ3n) is 6.44. The number of fused-ring (bicyclic) bond motifs is 1. The van der Waals surface area contributed by atoms with Gasteiger partial charge in [0.05, 0.1) is 36.2 Å². The van der Waals surface area contributed by atoms with E-state index in [1.807, 2.05) is 53.4 Å². The zero-order valence-corrected chi connectivity index (χ0v) is 19.4. The van der Waals surface area contributed by atoms with E-state index in [2.05, 4.69) is 0 Å². The lowest BCUT2D eigenvalue weighted by molar-refractivity contribution is 0.0600. The first-order chi connectivity index (χ1) is 17.1. The van der Waals surface area contributed by atoms with E-state index in [4.69, 9.17) is 9.72 Å². The van der Waals surface area contributed by atoms with Crippen molar-refractivity contribution in [1.82, 2.24) is 14.5 Å². The van der Waals surface area contributed by atoms with Crippen molar-refractivity contribution in [2.45, 2.75) is 25.4 Å². The van der Waals surface area contributed by atoms with Gasteiger partial charge in [-0.15, -0.1) is 0 Å². The molecule has 176 valence electrons. The predicted molar refractivity (Wildman–Crippen MR) is 132 cm³/mol. The number of likely N-dealkylation sites (tertiary alicyclic amines) is 1. The molecule has 0 bridgehead atoms. The second-order valence-corrected chi connectivity index (χ2v) is 8.59. The van der Waals surface area contributed by atoms with Crippen LogP contribution in [0.1, 0.15) is 51.0 Å². The Morgan fingerprint density at radius 1 is 0.943 bits per heavy atom. The van der Waals surface area contributed by atoms with Gasteiger partial charge < -0.3 is 9.64 Å². The van der Waals surface area contributed by atoms with Gasteiger partial charge in [-0.1, -0.05) is 42.5 Å². The lowest BCUT2D eigenvalue weighted by Gasteiger charge is -2.27. The topological polar surface area (TPSA) is 81.5 Å². The van der Waals surface area contributed by atoms with Crippen molar-refractivity contribution in [3.05, 3.63) is 112 Å². The van der Waals surface area contributed by atoms with Gasteiger partial charge in [0.15, 0.2) is 0 Å². The highest BCUT2D eigenvalue weighted by Gasteiger charge is 2.34. The number of methoxy groups -OCH3 is 1. The van der Waals surface area contributed by atoms with E-state index >= 15 is 0 Å². The van der Waals surface area contributed by atoms with Crippen LogP contribution in [0.25, 0.3) is 10.9 Å². The molecule has 1 amide bonds. The van der Waals surface area contributed by atoms with Crippen molar-refractivity contribution in [2.75, 3.05) is 13.7 Å². The summed E-state index contributed by atoms with van der Waals surface area (Å²) >= 11 is 0. The molecule has 0 spiro atoms. The van der Waals surface area contributed by atoms with Crippen LogP contribution >= 0.6 is 0 Å². The van der Waals surface area contributed by atoms with E-state index in [0.29, 0.717) is 34.4 Å².